The van der Waals surface area contributed by atoms with Crippen molar-refractivity contribution in [1.82, 2.24) is 5.48 Å². The van der Waals surface area contributed by atoms with Gasteiger partial charge in [-0.1, -0.05) is 29.6 Å². The third-order valence-electron chi connectivity index (χ3n) is 2.80. The Bertz CT molecular complexity index is 520. The third-order valence-corrected chi connectivity index (χ3v) is 3.35. The summed E-state index contributed by atoms with van der Waals surface area (Å²) in [7, 11) is 0. The van der Waals surface area contributed by atoms with Crippen molar-refractivity contribution in [3.63, 3.8) is 0 Å². The van der Waals surface area contributed by atoms with E-state index in [0.29, 0.717) is 21.6 Å². The van der Waals surface area contributed by atoms with E-state index in [9.17, 15) is 4.79 Å². The smallest absolute Gasteiger partial charge is 0.323 e. The maximum atomic E-state index is 11.6. The van der Waals surface area contributed by atoms with Gasteiger partial charge in [-0.25, -0.2) is 10.3 Å². The lowest BCUT2D eigenvalue weighted by atomic mass is 10.2. The summed E-state index contributed by atoms with van der Waals surface area (Å²) in [5, 5.41) is 3.37. The number of benzene rings is 1. The Kier molecular flexibility index (Phi) is 5.49. The van der Waals surface area contributed by atoms with Crippen LogP contribution in [0.5, 0.6) is 0 Å². The second-order valence-corrected chi connectivity index (χ2v) is 5.22. The zero-order chi connectivity index (χ0) is 14.4. The topological polar surface area (TPSA) is 62.7 Å². The average molecular weight is 316 g/mol. The highest BCUT2D eigenvalue weighted by atomic mass is 35.5. The van der Waals surface area contributed by atoms with Crippen molar-refractivity contribution in [1.29, 1.82) is 0 Å². The number of hydrogen-bond acceptors (Lipinski definition) is 4. The Labute approximate surface area is 127 Å². The van der Waals surface area contributed by atoms with Gasteiger partial charge in [0.15, 0.2) is 0 Å². The van der Waals surface area contributed by atoms with E-state index < -0.39 is 6.09 Å². The summed E-state index contributed by atoms with van der Waals surface area (Å²) >= 11 is 11.7. The average Bonchev–Trinajstić information content (AvgIpc) is 2.68. The van der Waals surface area contributed by atoms with Crippen molar-refractivity contribution < 1.29 is 9.63 Å². The predicted molar refractivity (Wildman–Crippen MR) is 80.5 cm³/mol. The molecular formula is C13H15Cl2N3O2. The van der Waals surface area contributed by atoms with E-state index in [0.717, 1.165) is 32.2 Å². The molecule has 0 bridgehead atoms. The van der Waals surface area contributed by atoms with Crippen molar-refractivity contribution in [3.8, 4) is 0 Å². The molecule has 0 saturated heterocycles. The van der Waals surface area contributed by atoms with Gasteiger partial charge in [0, 0.05) is 18.0 Å². The van der Waals surface area contributed by atoms with Crippen LogP contribution >= 0.6 is 23.2 Å². The molecule has 7 heteroatoms. The molecule has 1 aliphatic heterocycles. The lowest BCUT2D eigenvalue weighted by Crippen LogP contribution is -2.29. The van der Waals surface area contributed by atoms with E-state index >= 15 is 0 Å². The van der Waals surface area contributed by atoms with Crippen LogP contribution in [0.2, 0.25) is 10.0 Å². The summed E-state index contributed by atoms with van der Waals surface area (Å²) < 4.78 is 0. The molecule has 0 saturated carbocycles. The quantitative estimate of drug-likeness (QED) is 0.769. The third kappa shape index (κ3) is 4.58. The van der Waals surface area contributed by atoms with Crippen molar-refractivity contribution >= 4 is 40.8 Å². The second-order valence-electron chi connectivity index (χ2n) is 4.38. The number of anilines is 1. The van der Waals surface area contributed by atoms with Gasteiger partial charge in [-0.2, -0.15) is 0 Å². The normalized spacial score (nSPS) is 15.0. The van der Waals surface area contributed by atoms with Gasteiger partial charge >= 0.3 is 6.09 Å². The molecule has 2 N–H and O–H groups in total. The van der Waals surface area contributed by atoms with Crippen LogP contribution in [0, 0.1) is 0 Å². The largest absolute Gasteiger partial charge is 0.436 e. The Morgan fingerprint density at radius 2 is 2.10 bits per heavy atom. The maximum absolute atomic E-state index is 11.6. The molecule has 1 heterocycles. The predicted octanol–water partition coefficient (Wildman–Crippen LogP) is 4.02. The molecule has 1 amide bonds. The van der Waals surface area contributed by atoms with E-state index in [-0.39, 0.29) is 0 Å². The molecule has 0 spiro atoms. The molecule has 0 fully saturated rings. The Morgan fingerprint density at radius 1 is 1.25 bits per heavy atom. The molecular weight excluding hydrogens is 301 g/mol. The Morgan fingerprint density at radius 3 is 2.90 bits per heavy atom. The van der Waals surface area contributed by atoms with Crippen LogP contribution in [0.15, 0.2) is 23.2 Å². The summed E-state index contributed by atoms with van der Waals surface area (Å²) in [4.78, 5) is 20.8. The number of aliphatic imine (C=N–C) groups is 1. The zero-order valence-electron chi connectivity index (χ0n) is 10.8. The van der Waals surface area contributed by atoms with E-state index in [2.05, 4.69) is 15.8 Å². The molecule has 5 nitrogen and oxygen atoms in total. The Hall–Kier alpha value is -1.46. The van der Waals surface area contributed by atoms with Crippen LogP contribution in [0.4, 0.5) is 10.5 Å². The molecule has 0 aromatic heterocycles. The molecule has 0 atom stereocenters. The zero-order valence-corrected chi connectivity index (χ0v) is 12.3. The van der Waals surface area contributed by atoms with Crippen molar-refractivity contribution in [3.05, 3.63) is 28.2 Å². The number of carbonyl (C=O) groups is 1. The molecule has 0 radical (unpaired) electrons. The lowest BCUT2D eigenvalue weighted by molar-refractivity contribution is 0.134. The Balaban J connectivity index is 1.84. The van der Waals surface area contributed by atoms with Crippen LogP contribution in [0.25, 0.3) is 0 Å². The van der Waals surface area contributed by atoms with Gasteiger partial charge in [-0.05, 0) is 31.0 Å². The number of rotatable bonds is 1. The molecule has 2 rings (SSSR count). The van der Waals surface area contributed by atoms with Gasteiger partial charge in [0.05, 0.1) is 10.7 Å². The van der Waals surface area contributed by atoms with Crippen molar-refractivity contribution in [2.24, 2.45) is 4.99 Å². The van der Waals surface area contributed by atoms with Gasteiger partial charge in [0.25, 0.3) is 0 Å². The molecule has 0 aliphatic carbocycles. The van der Waals surface area contributed by atoms with Gasteiger partial charge in [-0.15, -0.1) is 0 Å². The summed E-state index contributed by atoms with van der Waals surface area (Å²) in [5.74, 6) is 0.694. The van der Waals surface area contributed by atoms with Crippen LogP contribution in [0.3, 0.4) is 0 Å². The highest BCUT2D eigenvalue weighted by molar-refractivity contribution is 6.36. The number of amides is 1. The number of nitrogens with one attached hydrogen (secondary N) is 2. The van der Waals surface area contributed by atoms with E-state index in [1.54, 1.807) is 18.2 Å². The van der Waals surface area contributed by atoms with Gasteiger partial charge in [-0.3, -0.25) is 10.3 Å². The van der Waals surface area contributed by atoms with Crippen LogP contribution in [-0.4, -0.2) is 18.5 Å². The minimum atomic E-state index is -0.652. The molecule has 0 unspecified atom stereocenters. The molecule has 1 aromatic carbocycles. The highest BCUT2D eigenvalue weighted by Crippen LogP contribution is 2.25. The monoisotopic (exact) mass is 315 g/mol. The summed E-state index contributed by atoms with van der Waals surface area (Å²) in [6.07, 6.45) is 3.38. The highest BCUT2D eigenvalue weighted by Gasteiger charge is 2.10. The minimum absolute atomic E-state index is 0.348. The van der Waals surface area contributed by atoms with Crippen molar-refractivity contribution in [2.45, 2.75) is 25.7 Å². The second kappa shape index (κ2) is 7.36. The summed E-state index contributed by atoms with van der Waals surface area (Å²) in [5.41, 5.74) is 3.02. The first-order valence-corrected chi connectivity index (χ1v) is 7.13. The number of nitrogens with zero attached hydrogens (tertiary/aromatic N) is 1. The number of amidine groups is 1. The van der Waals surface area contributed by atoms with E-state index in [1.807, 2.05) is 0 Å². The van der Waals surface area contributed by atoms with Gasteiger partial charge in [0.2, 0.25) is 0 Å². The standard InChI is InChI=1S/C13H15Cl2N3O2/c14-9-5-6-11(10(15)8-9)17-13(19)20-18-12-4-2-1-3-7-16-12/h5-6,8H,1-4,7H2,(H,16,18)(H,17,19). The van der Waals surface area contributed by atoms with Crippen molar-refractivity contribution in [2.75, 3.05) is 11.9 Å². The number of halogens is 2. The van der Waals surface area contributed by atoms with E-state index in [4.69, 9.17) is 28.0 Å². The number of hydroxylamine groups is 1. The molecule has 20 heavy (non-hydrogen) atoms. The van der Waals surface area contributed by atoms with Crippen LogP contribution < -0.4 is 10.8 Å². The lowest BCUT2D eigenvalue weighted by Gasteiger charge is -2.10. The molecule has 108 valence electrons. The summed E-state index contributed by atoms with van der Waals surface area (Å²) in [6, 6.07) is 4.78. The summed E-state index contributed by atoms with van der Waals surface area (Å²) in [6.45, 7) is 0.760. The minimum Gasteiger partial charge on any atom is -0.323 e. The SMILES string of the molecule is O=C(Nc1ccc(Cl)cc1Cl)ONC1=NCCCCC1. The number of hydrogen-bond donors (Lipinski definition) is 2. The first-order valence-electron chi connectivity index (χ1n) is 6.37. The maximum Gasteiger partial charge on any atom is 0.436 e. The van der Waals surface area contributed by atoms with Gasteiger partial charge < -0.3 is 4.84 Å². The fourth-order valence-electron chi connectivity index (χ4n) is 1.79. The van der Waals surface area contributed by atoms with E-state index in [1.165, 1.54) is 0 Å². The van der Waals surface area contributed by atoms with Crippen LogP contribution in [-0.2, 0) is 4.84 Å². The fourth-order valence-corrected chi connectivity index (χ4v) is 2.24. The number of carbonyl (C=O) groups excluding carboxylic acids is 1. The molecule has 1 aromatic rings. The first kappa shape index (κ1) is 14.9. The van der Waals surface area contributed by atoms with Gasteiger partial charge in [0.1, 0.15) is 5.84 Å². The fraction of sp³-hybridized carbons (Fsp3) is 0.385. The molecule has 1 aliphatic rings. The first-order chi connectivity index (χ1) is 9.65. The van der Waals surface area contributed by atoms with Crippen LogP contribution in [0.1, 0.15) is 25.7 Å².